The lowest BCUT2D eigenvalue weighted by Gasteiger charge is -2.29. The summed E-state index contributed by atoms with van der Waals surface area (Å²) >= 11 is 0. The molecule has 2 aromatic rings. The van der Waals surface area contributed by atoms with Crippen molar-refractivity contribution in [1.29, 1.82) is 0 Å². The quantitative estimate of drug-likeness (QED) is 0.620. The molecule has 0 aliphatic heterocycles. The molecule has 0 bridgehead atoms. The average molecular weight is 269 g/mol. The summed E-state index contributed by atoms with van der Waals surface area (Å²) in [7, 11) is 0. The molecule has 20 heavy (non-hydrogen) atoms. The fourth-order valence-electron chi connectivity index (χ4n) is 2.96. The van der Waals surface area contributed by atoms with E-state index in [9.17, 15) is 0 Å². The van der Waals surface area contributed by atoms with Gasteiger partial charge in [0.15, 0.2) is 0 Å². The SMILES string of the molecule is Cc1cc2c(C(C)(C)C)cc(C(C)(C)C)c(C)c2cn1. The summed E-state index contributed by atoms with van der Waals surface area (Å²) in [5.74, 6) is 0. The van der Waals surface area contributed by atoms with Crippen molar-refractivity contribution in [2.24, 2.45) is 0 Å². The second kappa shape index (κ2) is 4.58. The van der Waals surface area contributed by atoms with E-state index >= 15 is 0 Å². The highest BCUT2D eigenvalue weighted by Gasteiger charge is 2.24. The minimum atomic E-state index is 0.139. The monoisotopic (exact) mass is 269 g/mol. The highest BCUT2D eigenvalue weighted by molar-refractivity contribution is 5.90. The van der Waals surface area contributed by atoms with Gasteiger partial charge in [0.1, 0.15) is 0 Å². The van der Waals surface area contributed by atoms with Crippen LogP contribution in [0.25, 0.3) is 10.8 Å². The molecule has 0 saturated carbocycles. The molecule has 0 atom stereocenters. The topological polar surface area (TPSA) is 12.9 Å². The number of aryl methyl sites for hydroxylation is 2. The fraction of sp³-hybridized carbons (Fsp3) is 0.526. The Hall–Kier alpha value is -1.37. The number of hydrogen-bond acceptors (Lipinski definition) is 1. The van der Waals surface area contributed by atoms with E-state index in [0.717, 1.165) is 5.69 Å². The van der Waals surface area contributed by atoms with Crippen molar-refractivity contribution in [2.45, 2.75) is 66.2 Å². The lowest BCUT2D eigenvalue weighted by atomic mass is 9.76. The molecule has 1 aromatic carbocycles. The smallest absolute Gasteiger partial charge is 0.0379 e. The second-order valence-corrected chi connectivity index (χ2v) is 7.97. The van der Waals surface area contributed by atoms with Gasteiger partial charge in [-0.2, -0.15) is 0 Å². The van der Waals surface area contributed by atoms with E-state index in [1.165, 1.54) is 27.5 Å². The molecule has 0 unspecified atom stereocenters. The number of rotatable bonds is 0. The van der Waals surface area contributed by atoms with Crippen LogP contribution in [0.5, 0.6) is 0 Å². The minimum Gasteiger partial charge on any atom is -0.261 e. The van der Waals surface area contributed by atoms with Crippen LogP contribution in [0, 0.1) is 13.8 Å². The zero-order valence-corrected chi connectivity index (χ0v) is 14.2. The fourth-order valence-corrected chi connectivity index (χ4v) is 2.96. The van der Waals surface area contributed by atoms with Crippen LogP contribution in [0.4, 0.5) is 0 Å². The van der Waals surface area contributed by atoms with Gasteiger partial charge in [0.05, 0.1) is 0 Å². The summed E-state index contributed by atoms with van der Waals surface area (Å²) in [6.07, 6.45) is 2.05. The summed E-state index contributed by atoms with van der Waals surface area (Å²) in [5.41, 5.74) is 5.61. The van der Waals surface area contributed by atoms with Crippen LogP contribution in [0.1, 0.15) is 63.9 Å². The van der Waals surface area contributed by atoms with Gasteiger partial charge in [0, 0.05) is 17.3 Å². The van der Waals surface area contributed by atoms with Gasteiger partial charge in [-0.3, -0.25) is 4.98 Å². The van der Waals surface area contributed by atoms with E-state index in [4.69, 9.17) is 0 Å². The Bertz CT molecular complexity index is 652. The molecule has 2 rings (SSSR count). The summed E-state index contributed by atoms with van der Waals surface area (Å²) in [6.45, 7) is 18.0. The highest BCUT2D eigenvalue weighted by Crippen LogP contribution is 2.37. The molecule has 0 N–H and O–H groups in total. The van der Waals surface area contributed by atoms with E-state index in [1.807, 2.05) is 6.20 Å². The van der Waals surface area contributed by atoms with Crippen LogP contribution in [-0.4, -0.2) is 4.98 Å². The Morgan fingerprint density at radius 2 is 1.30 bits per heavy atom. The highest BCUT2D eigenvalue weighted by atomic mass is 14.7. The average Bonchev–Trinajstić information content (AvgIpc) is 2.25. The molecule has 1 nitrogen and oxygen atoms in total. The van der Waals surface area contributed by atoms with Gasteiger partial charge >= 0.3 is 0 Å². The van der Waals surface area contributed by atoms with E-state index in [0.29, 0.717) is 0 Å². The third-order valence-electron chi connectivity index (χ3n) is 4.04. The first-order chi connectivity index (χ1) is 9.01. The van der Waals surface area contributed by atoms with Gasteiger partial charge in [-0.25, -0.2) is 0 Å². The van der Waals surface area contributed by atoms with Crippen LogP contribution >= 0.6 is 0 Å². The van der Waals surface area contributed by atoms with Gasteiger partial charge < -0.3 is 0 Å². The van der Waals surface area contributed by atoms with Crippen LogP contribution in [0.3, 0.4) is 0 Å². The molecule has 0 saturated heterocycles. The molecule has 0 amide bonds. The number of benzene rings is 1. The standard InChI is InChI=1S/C19H27N/c1-12-9-14-15(11-20-12)13(2)16(18(3,4)5)10-17(14)19(6,7)8/h9-11H,1-8H3. The Morgan fingerprint density at radius 3 is 1.80 bits per heavy atom. The molecule has 0 aliphatic rings. The Labute approximate surface area is 123 Å². The van der Waals surface area contributed by atoms with Crippen molar-refractivity contribution in [2.75, 3.05) is 0 Å². The van der Waals surface area contributed by atoms with Crippen molar-refractivity contribution in [1.82, 2.24) is 4.98 Å². The maximum Gasteiger partial charge on any atom is 0.0379 e. The summed E-state index contributed by atoms with van der Waals surface area (Å²) in [6, 6.07) is 4.65. The van der Waals surface area contributed by atoms with Crippen molar-refractivity contribution in [3.63, 3.8) is 0 Å². The number of hydrogen-bond donors (Lipinski definition) is 0. The van der Waals surface area contributed by atoms with Gasteiger partial charge in [-0.15, -0.1) is 0 Å². The molecule has 1 heteroatoms. The first kappa shape index (κ1) is 15.0. The first-order valence-corrected chi connectivity index (χ1v) is 7.43. The first-order valence-electron chi connectivity index (χ1n) is 7.43. The predicted molar refractivity (Wildman–Crippen MR) is 88.6 cm³/mol. The van der Waals surface area contributed by atoms with Gasteiger partial charge in [-0.1, -0.05) is 47.6 Å². The zero-order chi connectivity index (χ0) is 15.3. The van der Waals surface area contributed by atoms with Gasteiger partial charge in [0.2, 0.25) is 0 Å². The van der Waals surface area contributed by atoms with Crippen molar-refractivity contribution >= 4 is 10.8 Å². The molecule has 0 radical (unpaired) electrons. The Balaban J connectivity index is 2.96. The predicted octanol–water partition coefficient (Wildman–Crippen LogP) is 5.45. The van der Waals surface area contributed by atoms with E-state index in [-0.39, 0.29) is 10.8 Å². The summed E-state index contributed by atoms with van der Waals surface area (Å²) in [4.78, 5) is 4.51. The molecular weight excluding hydrogens is 242 g/mol. The third kappa shape index (κ3) is 2.59. The maximum absolute atomic E-state index is 4.51. The van der Waals surface area contributed by atoms with Gasteiger partial charge in [-0.05, 0) is 52.8 Å². The van der Waals surface area contributed by atoms with Crippen molar-refractivity contribution in [3.8, 4) is 0 Å². The second-order valence-electron chi connectivity index (χ2n) is 7.97. The lowest BCUT2D eigenvalue weighted by molar-refractivity contribution is 0.570. The normalized spacial score (nSPS) is 13.0. The van der Waals surface area contributed by atoms with Crippen LogP contribution in [0.15, 0.2) is 18.3 Å². The zero-order valence-electron chi connectivity index (χ0n) is 14.2. The van der Waals surface area contributed by atoms with Crippen LogP contribution < -0.4 is 0 Å². The molecular formula is C19H27N. The Kier molecular flexibility index (Phi) is 3.44. The van der Waals surface area contributed by atoms with Crippen molar-refractivity contribution in [3.05, 3.63) is 40.7 Å². The maximum atomic E-state index is 4.51. The van der Waals surface area contributed by atoms with Gasteiger partial charge in [0.25, 0.3) is 0 Å². The lowest BCUT2D eigenvalue weighted by Crippen LogP contribution is -2.18. The molecule has 0 spiro atoms. The van der Waals surface area contributed by atoms with Crippen LogP contribution in [0.2, 0.25) is 0 Å². The van der Waals surface area contributed by atoms with Crippen LogP contribution in [-0.2, 0) is 10.8 Å². The van der Waals surface area contributed by atoms with E-state index in [2.05, 4.69) is 72.5 Å². The number of pyridine rings is 1. The number of nitrogens with zero attached hydrogens (tertiary/aromatic N) is 1. The summed E-state index contributed by atoms with van der Waals surface area (Å²) < 4.78 is 0. The van der Waals surface area contributed by atoms with E-state index < -0.39 is 0 Å². The van der Waals surface area contributed by atoms with Crippen molar-refractivity contribution < 1.29 is 0 Å². The minimum absolute atomic E-state index is 0.139. The molecule has 108 valence electrons. The summed E-state index contributed by atoms with van der Waals surface area (Å²) in [5, 5.41) is 2.66. The molecule has 1 aromatic heterocycles. The third-order valence-corrected chi connectivity index (χ3v) is 4.04. The number of aromatic nitrogens is 1. The molecule has 1 heterocycles. The largest absolute Gasteiger partial charge is 0.261 e. The molecule has 0 fully saturated rings. The Morgan fingerprint density at radius 1 is 0.750 bits per heavy atom. The molecule has 0 aliphatic carbocycles. The number of fused-ring (bicyclic) bond motifs is 1. The van der Waals surface area contributed by atoms with E-state index in [1.54, 1.807) is 0 Å².